The molecule has 19 heavy (non-hydrogen) atoms. The van der Waals surface area contributed by atoms with E-state index in [1.807, 2.05) is 13.8 Å². The summed E-state index contributed by atoms with van der Waals surface area (Å²) in [5, 5.41) is 23.3. The summed E-state index contributed by atoms with van der Waals surface area (Å²) in [7, 11) is 0. The Morgan fingerprint density at radius 1 is 1.42 bits per heavy atom. The van der Waals surface area contributed by atoms with E-state index in [0.29, 0.717) is 18.1 Å². The fraction of sp³-hybridized carbons (Fsp3) is 0.615. The minimum Gasteiger partial charge on any atom is -0.396 e. The Morgan fingerprint density at radius 2 is 2.05 bits per heavy atom. The molecule has 0 radical (unpaired) electrons. The molecule has 1 aromatic heterocycles. The van der Waals surface area contributed by atoms with E-state index < -0.39 is 4.92 Å². The van der Waals surface area contributed by atoms with Gasteiger partial charge in [-0.05, 0) is 25.8 Å². The number of aliphatic hydroxyl groups is 1. The second kappa shape index (κ2) is 6.47. The highest BCUT2D eigenvalue weighted by Gasteiger charge is 2.25. The second-order valence-corrected chi connectivity index (χ2v) is 4.78. The normalized spacial score (nSPS) is 11.4. The zero-order valence-electron chi connectivity index (χ0n) is 11.6. The van der Waals surface area contributed by atoms with Crippen LogP contribution < -0.4 is 5.32 Å². The lowest BCUT2D eigenvalue weighted by molar-refractivity contribution is -0.385. The first-order valence-electron chi connectivity index (χ1n) is 6.44. The van der Waals surface area contributed by atoms with Crippen LogP contribution in [0.1, 0.15) is 32.4 Å². The molecule has 1 heterocycles. The maximum atomic E-state index is 10.7. The van der Waals surface area contributed by atoms with E-state index in [2.05, 4.69) is 10.3 Å². The summed E-state index contributed by atoms with van der Waals surface area (Å²) >= 11 is 0. The van der Waals surface area contributed by atoms with Gasteiger partial charge in [0.15, 0.2) is 0 Å². The average molecular weight is 267 g/mol. The molecule has 0 unspecified atom stereocenters. The quantitative estimate of drug-likeness (QED) is 0.585. The molecule has 0 fully saturated rings. The van der Waals surface area contributed by atoms with Crippen LogP contribution in [0.3, 0.4) is 0 Å². The molecule has 106 valence electrons. The molecule has 0 spiro atoms. The van der Waals surface area contributed by atoms with Gasteiger partial charge in [0.1, 0.15) is 11.5 Å². The summed E-state index contributed by atoms with van der Waals surface area (Å²) in [6, 6.07) is 3.04. The molecule has 0 atom stereocenters. The minimum atomic E-state index is -0.442. The zero-order chi connectivity index (χ0) is 14.5. The number of nitrogens with zero attached hydrogens (tertiary/aromatic N) is 2. The molecule has 0 aliphatic carbocycles. The van der Waals surface area contributed by atoms with Crippen LogP contribution in [0.25, 0.3) is 0 Å². The van der Waals surface area contributed by atoms with Crippen molar-refractivity contribution in [3.63, 3.8) is 0 Å². The van der Waals surface area contributed by atoms with Gasteiger partial charge in [-0.25, -0.2) is 4.98 Å². The lowest BCUT2D eigenvalue weighted by atomic mass is 9.83. The molecule has 0 amide bonds. The summed E-state index contributed by atoms with van der Waals surface area (Å²) in [4.78, 5) is 14.4. The van der Waals surface area contributed by atoms with Gasteiger partial charge in [-0.15, -0.1) is 0 Å². The Bertz CT molecular complexity index is 436. The highest BCUT2D eigenvalue weighted by atomic mass is 16.6. The van der Waals surface area contributed by atoms with Crippen molar-refractivity contribution in [1.82, 2.24) is 4.98 Å². The molecule has 0 aromatic carbocycles. The van der Waals surface area contributed by atoms with E-state index in [0.717, 1.165) is 12.8 Å². The first kappa shape index (κ1) is 15.4. The van der Waals surface area contributed by atoms with Gasteiger partial charge < -0.3 is 10.4 Å². The number of aromatic nitrogens is 1. The van der Waals surface area contributed by atoms with Crippen LogP contribution in [0.15, 0.2) is 12.1 Å². The fourth-order valence-electron chi connectivity index (χ4n) is 1.90. The Labute approximate surface area is 113 Å². The molecule has 1 aromatic rings. The van der Waals surface area contributed by atoms with Crippen LogP contribution in [0, 0.1) is 22.5 Å². The first-order chi connectivity index (χ1) is 8.98. The van der Waals surface area contributed by atoms with Crippen molar-refractivity contribution in [2.45, 2.75) is 33.6 Å². The van der Waals surface area contributed by atoms with Gasteiger partial charge in [-0.1, -0.05) is 13.8 Å². The molecule has 0 aliphatic rings. The van der Waals surface area contributed by atoms with Gasteiger partial charge in [-0.3, -0.25) is 10.1 Å². The molecular weight excluding hydrogens is 246 g/mol. The van der Waals surface area contributed by atoms with Crippen LogP contribution in [0.5, 0.6) is 0 Å². The number of nitrogens with one attached hydrogen (secondary N) is 1. The Kier molecular flexibility index (Phi) is 5.23. The van der Waals surface area contributed by atoms with E-state index in [9.17, 15) is 15.2 Å². The molecule has 6 nitrogen and oxygen atoms in total. The summed E-state index contributed by atoms with van der Waals surface area (Å²) in [5.41, 5.74) is 0.236. The highest BCUT2D eigenvalue weighted by molar-refractivity contribution is 5.44. The van der Waals surface area contributed by atoms with Crippen molar-refractivity contribution < 1.29 is 10.0 Å². The number of rotatable bonds is 7. The van der Waals surface area contributed by atoms with Crippen molar-refractivity contribution in [1.29, 1.82) is 0 Å². The van der Waals surface area contributed by atoms with Gasteiger partial charge in [0.2, 0.25) is 0 Å². The molecule has 0 aliphatic heterocycles. The number of pyridine rings is 1. The molecule has 1 rings (SSSR count). The number of hydrogen-bond donors (Lipinski definition) is 2. The smallest absolute Gasteiger partial charge is 0.290 e. The lowest BCUT2D eigenvalue weighted by Gasteiger charge is -2.29. The maximum Gasteiger partial charge on any atom is 0.290 e. The summed E-state index contributed by atoms with van der Waals surface area (Å²) in [6.45, 7) is 6.40. The fourth-order valence-corrected chi connectivity index (χ4v) is 1.90. The van der Waals surface area contributed by atoms with Crippen molar-refractivity contribution in [3.8, 4) is 0 Å². The SMILES string of the molecule is CCC(CC)(CO)CNc1ccc([N+](=O)[O-])c(C)n1. The average Bonchev–Trinajstić information content (AvgIpc) is 2.40. The molecule has 0 bridgehead atoms. The third kappa shape index (κ3) is 3.64. The summed E-state index contributed by atoms with van der Waals surface area (Å²) in [6.07, 6.45) is 1.72. The van der Waals surface area contributed by atoms with E-state index in [1.54, 1.807) is 13.0 Å². The number of hydrogen-bond acceptors (Lipinski definition) is 5. The van der Waals surface area contributed by atoms with Gasteiger partial charge in [0.05, 0.1) is 11.5 Å². The van der Waals surface area contributed by atoms with E-state index in [1.165, 1.54) is 6.07 Å². The third-order valence-corrected chi connectivity index (χ3v) is 3.73. The van der Waals surface area contributed by atoms with Gasteiger partial charge in [-0.2, -0.15) is 0 Å². The molecular formula is C13H21N3O3. The van der Waals surface area contributed by atoms with E-state index in [4.69, 9.17) is 0 Å². The highest BCUT2D eigenvalue weighted by Crippen LogP contribution is 2.26. The van der Waals surface area contributed by atoms with Gasteiger partial charge in [0.25, 0.3) is 5.69 Å². The molecule has 2 N–H and O–H groups in total. The number of anilines is 1. The Balaban J connectivity index is 2.78. The summed E-state index contributed by atoms with van der Waals surface area (Å²) < 4.78 is 0. The van der Waals surface area contributed by atoms with Crippen molar-refractivity contribution in [2.24, 2.45) is 5.41 Å². The lowest BCUT2D eigenvalue weighted by Crippen LogP contribution is -2.32. The molecule has 0 saturated heterocycles. The number of aryl methyl sites for hydroxylation is 1. The largest absolute Gasteiger partial charge is 0.396 e. The Morgan fingerprint density at radius 3 is 2.47 bits per heavy atom. The minimum absolute atomic E-state index is 0.0185. The predicted molar refractivity (Wildman–Crippen MR) is 74.2 cm³/mol. The van der Waals surface area contributed by atoms with Crippen LogP contribution in [-0.2, 0) is 0 Å². The standard InChI is InChI=1S/C13H21N3O3/c1-4-13(5-2,9-17)8-14-12-7-6-11(16(18)19)10(3)15-12/h6-7,17H,4-5,8-9H2,1-3H3,(H,14,15). The molecule has 6 heteroatoms. The monoisotopic (exact) mass is 267 g/mol. The van der Waals surface area contributed by atoms with Gasteiger partial charge in [0, 0.05) is 18.0 Å². The van der Waals surface area contributed by atoms with Crippen LogP contribution in [0.2, 0.25) is 0 Å². The van der Waals surface area contributed by atoms with Gasteiger partial charge >= 0.3 is 0 Å². The predicted octanol–water partition coefficient (Wildman–Crippen LogP) is 2.51. The molecule has 0 saturated carbocycles. The van der Waals surface area contributed by atoms with Crippen molar-refractivity contribution in [2.75, 3.05) is 18.5 Å². The first-order valence-corrected chi connectivity index (χ1v) is 6.44. The van der Waals surface area contributed by atoms with Crippen LogP contribution in [0.4, 0.5) is 11.5 Å². The van der Waals surface area contributed by atoms with E-state index in [-0.39, 0.29) is 17.7 Å². The number of nitro groups is 1. The maximum absolute atomic E-state index is 10.7. The zero-order valence-corrected chi connectivity index (χ0v) is 11.6. The topological polar surface area (TPSA) is 88.3 Å². The van der Waals surface area contributed by atoms with Crippen molar-refractivity contribution in [3.05, 3.63) is 27.9 Å². The second-order valence-electron chi connectivity index (χ2n) is 4.78. The summed E-state index contributed by atoms with van der Waals surface area (Å²) in [5.74, 6) is 0.600. The van der Waals surface area contributed by atoms with Crippen molar-refractivity contribution >= 4 is 11.5 Å². The number of aliphatic hydroxyl groups excluding tert-OH is 1. The third-order valence-electron chi connectivity index (χ3n) is 3.73. The Hall–Kier alpha value is -1.69. The van der Waals surface area contributed by atoms with E-state index >= 15 is 0 Å². The van der Waals surface area contributed by atoms with Crippen LogP contribution in [-0.4, -0.2) is 28.2 Å². The van der Waals surface area contributed by atoms with Crippen LogP contribution >= 0.6 is 0 Å².